The molecular weight excluding hydrogens is 304 g/mol. The fraction of sp³-hybridized carbons (Fsp3) is 0.316. The van der Waals surface area contributed by atoms with Gasteiger partial charge in [0.15, 0.2) is 0 Å². The normalized spacial score (nSPS) is 11.8. The molecule has 0 aliphatic carbocycles. The first-order valence-electron chi connectivity index (χ1n) is 7.97. The summed E-state index contributed by atoms with van der Waals surface area (Å²) in [7, 11) is 1.59. The van der Waals surface area contributed by atoms with Gasteiger partial charge in [-0.25, -0.2) is 0 Å². The lowest BCUT2D eigenvalue weighted by Crippen LogP contribution is -2.19. The quantitative estimate of drug-likeness (QED) is 0.692. The van der Waals surface area contributed by atoms with Crippen molar-refractivity contribution in [2.24, 2.45) is 0 Å². The molecule has 2 aromatic carbocycles. The van der Waals surface area contributed by atoms with Crippen molar-refractivity contribution in [3.63, 3.8) is 0 Å². The summed E-state index contributed by atoms with van der Waals surface area (Å²) < 4.78 is 10.0. The van der Waals surface area contributed by atoms with Crippen molar-refractivity contribution in [2.45, 2.75) is 13.0 Å². The van der Waals surface area contributed by atoms with E-state index >= 15 is 0 Å². The van der Waals surface area contributed by atoms with E-state index in [2.05, 4.69) is 29.7 Å². The molecule has 24 heavy (non-hydrogen) atoms. The van der Waals surface area contributed by atoms with Crippen LogP contribution < -0.4 is 10.6 Å². The SMILES string of the molecule is COCCOCC(=O)Nc1ccc(N[C@H](C)c2ccccc2)cc1. The first-order chi connectivity index (χ1) is 11.7. The van der Waals surface area contributed by atoms with Crippen LogP contribution in [0.4, 0.5) is 11.4 Å². The van der Waals surface area contributed by atoms with Crippen LogP contribution in [0.5, 0.6) is 0 Å². The van der Waals surface area contributed by atoms with Crippen LogP contribution in [0, 0.1) is 0 Å². The summed E-state index contributed by atoms with van der Waals surface area (Å²) in [4.78, 5) is 11.7. The predicted molar refractivity (Wildman–Crippen MR) is 96.2 cm³/mol. The molecular formula is C19H24N2O3. The van der Waals surface area contributed by atoms with E-state index in [0.29, 0.717) is 13.2 Å². The molecule has 0 saturated heterocycles. The molecule has 0 saturated carbocycles. The highest BCUT2D eigenvalue weighted by Crippen LogP contribution is 2.20. The number of amides is 1. The van der Waals surface area contributed by atoms with Gasteiger partial charge in [-0.1, -0.05) is 30.3 Å². The van der Waals surface area contributed by atoms with Crippen LogP contribution in [0.2, 0.25) is 0 Å². The summed E-state index contributed by atoms with van der Waals surface area (Å²) in [6.45, 7) is 3.02. The molecule has 0 aliphatic heterocycles. The van der Waals surface area contributed by atoms with Gasteiger partial charge >= 0.3 is 0 Å². The van der Waals surface area contributed by atoms with Crippen molar-refractivity contribution in [1.82, 2.24) is 0 Å². The highest BCUT2D eigenvalue weighted by atomic mass is 16.5. The van der Waals surface area contributed by atoms with E-state index < -0.39 is 0 Å². The third kappa shape index (κ3) is 6.02. The molecule has 0 aromatic heterocycles. The number of benzene rings is 2. The summed E-state index contributed by atoms with van der Waals surface area (Å²) in [5.74, 6) is -0.176. The van der Waals surface area contributed by atoms with E-state index in [9.17, 15) is 4.79 Å². The Morgan fingerprint density at radius 2 is 1.67 bits per heavy atom. The van der Waals surface area contributed by atoms with Crippen LogP contribution in [-0.2, 0) is 14.3 Å². The molecule has 0 heterocycles. The number of nitrogens with one attached hydrogen (secondary N) is 2. The number of rotatable bonds is 9. The average molecular weight is 328 g/mol. The van der Waals surface area contributed by atoms with Gasteiger partial charge in [0, 0.05) is 24.5 Å². The first-order valence-corrected chi connectivity index (χ1v) is 7.97. The molecule has 0 fully saturated rings. The maximum Gasteiger partial charge on any atom is 0.250 e. The maximum atomic E-state index is 11.7. The summed E-state index contributed by atoms with van der Waals surface area (Å²) in [5, 5.41) is 6.23. The van der Waals surface area contributed by atoms with Gasteiger partial charge in [-0.3, -0.25) is 4.79 Å². The zero-order chi connectivity index (χ0) is 17.2. The van der Waals surface area contributed by atoms with Gasteiger partial charge in [-0.2, -0.15) is 0 Å². The standard InChI is InChI=1S/C19H24N2O3/c1-15(16-6-4-3-5-7-16)20-17-8-10-18(11-9-17)21-19(22)14-24-13-12-23-2/h3-11,15,20H,12-14H2,1-2H3,(H,21,22)/t15-/m1/s1. The average Bonchev–Trinajstić information content (AvgIpc) is 2.61. The lowest BCUT2D eigenvalue weighted by atomic mass is 10.1. The molecule has 0 unspecified atom stereocenters. The van der Waals surface area contributed by atoms with Crippen molar-refractivity contribution < 1.29 is 14.3 Å². The second-order valence-corrected chi connectivity index (χ2v) is 5.45. The Balaban J connectivity index is 1.81. The Bertz CT molecular complexity index is 614. The van der Waals surface area contributed by atoms with E-state index in [4.69, 9.17) is 9.47 Å². The molecule has 1 atom stereocenters. The van der Waals surface area contributed by atoms with Crippen LogP contribution in [0.1, 0.15) is 18.5 Å². The Labute approximate surface area is 143 Å². The molecule has 5 heteroatoms. The molecule has 128 valence electrons. The zero-order valence-corrected chi connectivity index (χ0v) is 14.1. The minimum absolute atomic E-state index is 0.0222. The van der Waals surface area contributed by atoms with E-state index in [1.54, 1.807) is 7.11 Å². The summed E-state index contributed by atoms with van der Waals surface area (Å²) in [6.07, 6.45) is 0. The Morgan fingerprint density at radius 3 is 2.33 bits per heavy atom. The Hall–Kier alpha value is -2.37. The number of hydrogen-bond donors (Lipinski definition) is 2. The number of ether oxygens (including phenoxy) is 2. The van der Waals surface area contributed by atoms with Gasteiger partial charge in [0.1, 0.15) is 6.61 Å². The molecule has 0 bridgehead atoms. The second-order valence-electron chi connectivity index (χ2n) is 5.45. The fourth-order valence-electron chi connectivity index (χ4n) is 2.23. The number of carbonyl (C=O) groups is 1. The number of hydrogen-bond acceptors (Lipinski definition) is 4. The second kappa shape index (κ2) is 9.70. The van der Waals surface area contributed by atoms with Crippen molar-refractivity contribution >= 4 is 17.3 Å². The minimum Gasteiger partial charge on any atom is -0.382 e. The van der Waals surface area contributed by atoms with Crippen molar-refractivity contribution in [1.29, 1.82) is 0 Å². The predicted octanol–water partition coefficient (Wildman–Crippen LogP) is 3.46. The van der Waals surface area contributed by atoms with Gasteiger partial charge in [0.05, 0.1) is 13.2 Å². The highest BCUT2D eigenvalue weighted by molar-refractivity contribution is 5.91. The molecule has 2 rings (SSSR count). The van der Waals surface area contributed by atoms with Crippen LogP contribution in [-0.4, -0.2) is 32.8 Å². The van der Waals surface area contributed by atoms with E-state index in [-0.39, 0.29) is 18.6 Å². The minimum atomic E-state index is -0.176. The van der Waals surface area contributed by atoms with Gasteiger partial charge in [0.25, 0.3) is 0 Å². The number of anilines is 2. The molecule has 0 aliphatic rings. The first kappa shape index (κ1) is 18.0. The van der Waals surface area contributed by atoms with Crippen molar-refractivity contribution in [3.05, 3.63) is 60.2 Å². The van der Waals surface area contributed by atoms with Crippen LogP contribution >= 0.6 is 0 Å². The lowest BCUT2D eigenvalue weighted by molar-refractivity contribution is -0.121. The van der Waals surface area contributed by atoms with E-state index in [1.165, 1.54) is 5.56 Å². The molecule has 2 N–H and O–H groups in total. The Kier molecular flexibility index (Phi) is 7.26. The number of methoxy groups -OCH3 is 1. The zero-order valence-electron chi connectivity index (χ0n) is 14.1. The smallest absolute Gasteiger partial charge is 0.250 e. The summed E-state index contributed by atoms with van der Waals surface area (Å²) in [5.41, 5.74) is 2.97. The number of carbonyl (C=O) groups excluding carboxylic acids is 1. The van der Waals surface area contributed by atoms with Gasteiger partial charge in [-0.05, 0) is 36.8 Å². The maximum absolute atomic E-state index is 11.7. The molecule has 0 spiro atoms. The molecule has 1 amide bonds. The highest BCUT2D eigenvalue weighted by Gasteiger charge is 2.05. The van der Waals surface area contributed by atoms with Gasteiger partial charge < -0.3 is 20.1 Å². The Morgan fingerprint density at radius 1 is 1.00 bits per heavy atom. The van der Waals surface area contributed by atoms with Gasteiger partial charge in [0.2, 0.25) is 5.91 Å². The molecule has 2 aromatic rings. The topological polar surface area (TPSA) is 59.6 Å². The molecule has 5 nitrogen and oxygen atoms in total. The van der Waals surface area contributed by atoms with E-state index in [0.717, 1.165) is 11.4 Å². The van der Waals surface area contributed by atoms with Crippen LogP contribution in [0.3, 0.4) is 0 Å². The van der Waals surface area contributed by atoms with Crippen LogP contribution in [0.25, 0.3) is 0 Å². The fourth-order valence-corrected chi connectivity index (χ4v) is 2.23. The largest absolute Gasteiger partial charge is 0.382 e. The third-order valence-electron chi connectivity index (χ3n) is 3.52. The summed E-state index contributed by atoms with van der Waals surface area (Å²) >= 11 is 0. The van der Waals surface area contributed by atoms with Crippen molar-refractivity contribution in [3.8, 4) is 0 Å². The lowest BCUT2D eigenvalue weighted by Gasteiger charge is -2.16. The monoisotopic (exact) mass is 328 g/mol. The summed E-state index contributed by atoms with van der Waals surface area (Å²) in [6, 6.07) is 18.1. The third-order valence-corrected chi connectivity index (χ3v) is 3.52. The van der Waals surface area contributed by atoms with Crippen molar-refractivity contribution in [2.75, 3.05) is 37.6 Å². The van der Waals surface area contributed by atoms with Crippen LogP contribution in [0.15, 0.2) is 54.6 Å². The molecule has 0 radical (unpaired) electrons. The van der Waals surface area contributed by atoms with E-state index in [1.807, 2.05) is 42.5 Å². The van der Waals surface area contributed by atoms with Gasteiger partial charge in [-0.15, -0.1) is 0 Å².